The van der Waals surface area contributed by atoms with Gasteiger partial charge in [0.05, 0.1) is 11.1 Å². The van der Waals surface area contributed by atoms with Crippen LogP contribution < -0.4 is 4.74 Å². The van der Waals surface area contributed by atoms with Crippen LogP contribution in [-0.4, -0.2) is 22.7 Å². The fraction of sp³-hybridized carbons (Fsp3) is 0.267. The number of aromatic nitrogens is 1. The number of pyridine rings is 1. The molecule has 0 aliphatic rings. The third kappa shape index (κ3) is 8.25. The first-order valence-electron chi connectivity index (χ1n) is 12.0. The van der Waals surface area contributed by atoms with Crippen molar-refractivity contribution in [2.24, 2.45) is 0 Å². The number of allylic oxidation sites excluding steroid dienone is 5. The second-order valence-electron chi connectivity index (χ2n) is 8.47. The molecule has 0 radical (unpaired) electrons. The van der Waals surface area contributed by atoms with Crippen LogP contribution in [0.25, 0.3) is 10.9 Å². The lowest BCUT2D eigenvalue weighted by Crippen LogP contribution is -2.12. The van der Waals surface area contributed by atoms with Crippen LogP contribution in [0.3, 0.4) is 0 Å². The molecule has 0 saturated heterocycles. The van der Waals surface area contributed by atoms with Crippen molar-refractivity contribution in [1.29, 1.82) is 0 Å². The number of aromatic carboxylic acids is 1. The Morgan fingerprint density at radius 3 is 2.30 bits per heavy atom. The van der Waals surface area contributed by atoms with Crippen LogP contribution in [0.2, 0.25) is 0 Å². The monoisotopic (exact) mass is 527 g/mol. The lowest BCUT2D eigenvalue weighted by atomic mass is 9.76. The molecule has 0 aliphatic heterocycles. The van der Waals surface area contributed by atoms with Crippen molar-refractivity contribution in [1.82, 2.24) is 4.98 Å². The Bertz CT molecular complexity index is 1270. The smallest absolute Gasteiger partial charge is 0.388 e. The Balaban J connectivity index is 0.00000153. The molecule has 0 amide bonds. The summed E-state index contributed by atoms with van der Waals surface area (Å²) in [5, 5.41) is 10.6. The van der Waals surface area contributed by atoms with Crippen molar-refractivity contribution in [3.8, 4) is 5.88 Å². The van der Waals surface area contributed by atoms with Gasteiger partial charge in [-0.2, -0.15) is 8.78 Å². The van der Waals surface area contributed by atoms with E-state index in [1.807, 2.05) is 25.1 Å². The molecule has 0 spiro atoms. The first-order valence-corrected chi connectivity index (χ1v) is 12.3. The van der Waals surface area contributed by atoms with E-state index < -0.39 is 12.6 Å². The zero-order valence-corrected chi connectivity index (χ0v) is 22.2. The number of carboxylic acid groups (broad SMARTS) is 1. The number of carbonyl (C=O) groups is 1. The molecule has 196 valence electrons. The van der Waals surface area contributed by atoms with Gasteiger partial charge < -0.3 is 9.84 Å². The average Bonchev–Trinajstić information content (AvgIpc) is 2.86. The minimum absolute atomic E-state index is 0.0984. The van der Waals surface area contributed by atoms with E-state index in [9.17, 15) is 18.7 Å². The van der Waals surface area contributed by atoms with Gasteiger partial charge in [0, 0.05) is 22.4 Å². The Labute approximate surface area is 222 Å². The van der Waals surface area contributed by atoms with E-state index in [1.54, 1.807) is 55.5 Å². The van der Waals surface area contributed by atoms with Gasteiger partial charge in [-0.25, -0.2) is 9.78 Å². The Morgan fingerprint density at radius 2 is 1.76 bits per heavy atom. The quantitative estimate of drug-likeness (QED) is 0.282. The highest BCUT2D eigenvalue weighted by molar-refractivity contribution is 6.29. The second kappa shape index (κ2) is 14.3. The fourth-order valence-electron chi connectivity index (χ4n) is 3.96. The Morgan fingerprint density at radius 1 is 1.11 bits per heavy atom. The third-order valence-corrected chi connectivity index (χ3v) is 5.69. The van der Waals surface area contributed by atoms with E-state index >= 15 is 0 Å². The summed E-state index contributed by atoms with van der Waals surface area (Å²) in [4.78, 5) is 15.5. The summed E-state index contributed by atoms with van der Waals surface area (Å²) in [5.74, 6) is -1.47. The summed E-state index contributed by atoms with van der Waals surface area (Å²) in [6.07, 6.45) is 6.68. The fourth-order valence-corrected chi connectivity index (χ4v) is 4.02. The molecule has 37 heavy (non-hydrogen) atoms. The van der Waals surface area contributed by atoms with Gasteiger partial charge >= 0.3 is 12.6 Å². The van der Waals surface area contributed by atoms with Gasteiger partial charge in [0.15, 0.2) is 0 Å². The molecule has 3 rings (SSSR count). The molecule has 0 saturated carbocycles. The molecule has 0 fully saturated rings. The van der Waals surface area contributed by atoms with Crippen LogP contribution in [0, 0.1) is 0 Å². The number of hydrogen-bond donors (Lipinski definition) is 1. The zero-order chi connectivity index (χ0) is 27.5. The summed E-state index contributed by atoms with van der Waals surface area (Å²) in [6, 6.07) is 15.4. The standard InChI is InChI=1S/C27H24ClF2NO3.C3H8/c1-4-18(9-8-16(2)28)25(17(3)19-10-12-20(13-11-19)26(32)33)22-6-5-7-23-21(22)14-15-24(31-23)34-27(29)30;1-3-2/h4-15,17,25,27H,1H2,2-3H3,(H,32,33);3H2,1-2H3/b16-8+,18-9+;. The van der Waals surface area contributed by atoms with Gasteiger partial charge in [-0.3, -0.25) is 0 Å². The van der Waals surface area contributed by atoms with Crippen molar-refractivity contribution in [2.45, 2.75) is 52.6 Å². The van der Waals surface area contributed by atoms with Crippen LogP contribution in [0.5, 0.6) is 5.88 Å². The number of fused-ring (bicyclic) bond motifs is 1. The zero-order valence-electron chi connectivity index (χ0n) is 21.4. The van der Waals surface area contributed by atoms with E-state index in [2.05, 4.69) is 30.1 Å². The number of hydrogen-bond acceptors (Lipinski definition) is 3. The number of carboxylic acids is 1. The number of nitrogens with zero attached hydrogens (tertiary/aromatic N) is 1. The van der Waals surface area contributed by atoms with Crippen LogP contribution in [-0.2, 0) is 0 Å². The second-order valence-corrected chi connectivity index (χ2v) is 9.06. The van der Waals surface area contributed by atoms with Gasteiger partial charge in [-0.1, -0.05) is 81.8 Å². The summed E-state index contributed by atoms with van der Waals surface area (Å²) in [7, 11) is 0. The molecule has 1 aromatic heterocycles. The van der Waals surface area contributed by atoms with Gasteiger partial charge in [0.25, 0.3) is 0 Å². The highest BCUT2D eigenvalue weighted by Gasteiger charge is 2.26. The molecule has 4 nitrogen and oxygen atoms in total. The molecule has 1 N–H and O–H groups in total. The minimum atomic E-state index is -2.96. The van der Waals surface area contributed by atoms with Gasteiger partial charge in [0.2, 0.25) is 5.88 Å². The first-order chi connectivity index (χ1) is 17.6. The van der Waals surface area contributed by atoms with Crippen molar-refractivity contribution in [3.05, 3.63) is 107 Å². The highest BCUT2D eigenvalue weighted by Crippen LogP contribution is 2.42. The van der Waals surface area contributed by atoms with Crippen molar-refractivity contribution >= 4 is 28.5 Å². The van der Waals surface area contributed by atoms with E-state index in [1.165, 1.54) is 12.5 Å². The SMILES string of the molecule is C=C/C(=C\C=C(/C)Cl)C(c1cccc2nc(OC(F)F)ccc12)C(C)c1ccc(C(=O)O)cc1.CCC. The molecule has 2 atom stereocenters. The minimum Gasteiger partial charge on any atom is -0.478 e. The van der Waals surface area contributed by atoms with Crippen molar-refractivity contribution in [3.63, 3.8) is 0 Å². The molecule has 7 heteroatoms. The predicted molar refractivity (Wildman–Crippen MR) is 147 cm³/mol. The lowest BCUT2D eigenvalue weighted by Gasteiger charge is -2.27. The van der Waals surface area contributed by atoms with Gasteiger partial charge in [-0.05, 0) is 59.9 Å². The number of alkyl halides is 2. The number of rotatable bonds is 9. The molecular weight excluding hydrogens is 496 g/mol. The van der Waals surface area contributed by atoms with E-state index in [-0.39, 0.29) is 23.3 Å². The highest BCUT2D eigenvalue weighted by atomic mass is 35.5. The van der Waals surface area contributed by atoms with Crippen molar-refractivity contribution < 1.29 is 23.4 Å². The number of benzene rings is 2. The third-order valence-electron chi connectivity index (χ3n) is 5.57. The molecule has 2 unspecified atom stereocenters. The van der Waals surface area contributed by atoms with Crippen LogP contribution >= 0.6 is 11.6 Å². The topological polar surface area (TPSA) is 59.4 Å². The molecule has 1 heterocycles. The Hall–Kier alpha value is -3.51. The van der Waals surface area contributed by atoms with Crippen LogP contribution in [0.4, 0.5) is 8.78 Å². The molecule has 0 aliphatic carbocycles. The summed E-state index contributed by atoms with van der Waals surface area (Å²) in [5.41, 5.74) is 3.44. The molecule has 0 bridgehead atoms. The average molecular weight is 528 g/mol. The summed E-state index contributed by atoms with van der Waals surface area (Å²) < 4.78 is 29.8. The molecular formula is C30H32ClF2NO3. The van der Waals surface area contributed by atoms with E-state index in [0.717, 1.165) is 22.1 Å². The maximum absolute atomic E-state index is 12.7. The number of halogens is 3. The molecule has 3 aromatic rings. The van der Waals surface area contributed by atoms with Gasteiger partial charge in [0.1, 0.15) is 0 Å². The predicted octanol–water partition coefficient (Wildman–Crippen LogP) is 9.09. The lowest BCUT2D eigenvalue weighted by molar-refractivity contribution is -0.0526. The maximum atomic E-state index is 12.7. The number of ether oxygens (including phenoxy) is 1. The largest absolute Gasteiger partial charge is 0.478 e. The Kier molecular flexibility index (Phi) is 11.5. The molecule has 2 aromatic carbocycles. The van der Waals surface area contributed by atoms with E-state index in [4.69, 9.17) is 11.6 Å². The summed E-state index contributed by atoms with van der Waals surface area (Å²) in [6.45, 7) is 9.09. The first kappa shape index (κ1) is 29.7. The van der Waals surface area contributed by atoms with Crippen LogP contribution in [0.15, 0.2) is 90.0 Å². The van der Waals surface area contributed by atoms with E-state index in [0.29, 0.717) is 10.5 Å². The van der Waals surface area contributed by atoms with Gasteiger partial charge in [-0.15, -0.1) is 0 Å². The summed E-state index contributed by atoms with van der Waals surface area (Å²) >= 11 is 6.07. The van der Waals surface area contributed by atoms with Crippen LogP contribution in [0.1, 0.15) is 67.4 Å². The maximum Gasteiger partial charge on any atom is 0.388 e. The van der Waals surface area contributed by atoms with Crippen molar-refractivity contribution in [2.75, 3.05) is 0 Å². The normalized spacial score (nSPS) is 13.5.